The average Bonchev–Trinajstić information content (AvgIpc) is 2.45. The fourth-order valence-corrected chi connectivity index (χ4v) is 3.32. The summed E-state index contributed by atoms with van der Waals surface area (Å²) in [5, 5.41) is 3.16. The standard InChI is InChI=1S/C16H15Br2F2N/c1-9-6-13(18)11(8-12(9)17)15(21-2)7-10-4-3-5-14(19)16(10)20/h3-6,8,15,21H,7H2,1-2H3. The Bertz CT molecular complexity index is 659. The molecule has 0 heterocycles. The van der Waals surface area contributed by atoms with E-state index in [0.29, 0.717) is 12.0 Å². The summed E-state index contributed by atoms with van der Waals surface area (Å²) in [7, 11) is 1.81. The van der Waals surface area contributed by atoms with E-state index < -0.39 is 11.6 Å². The molecule has 0 aliphatic heterocycles. The van der Waals surface area contributed by atoms with Crippen molar-refractivity contribution in [3.8, 4) is 0 Å². The highest BCUT2D eigenvalue weighted by atomic mass is 79.9. The lowest BCUT2D eigenvalue weighted by atomic mass is 9.97. The minimum absolute atomic E-state index is 0.118. The van der Waals surface area contributed by atoms with Gasteiger partial charge in [0, 0.05) is 15.0 Å². The molecule has 0 aliphatic carbocycles. The lowest BCUT2D eigenvalue weighted by Gasteiger charge is -2.20. The van der Waals surface area contributed by atoms with Crippen LogP contribution in [0, 0.1) is 18.6 Å². The highest BCUT2D eigenvalue weighted by Crippen LogP contribution is 2.31. The Labute approximate surface area is 140 Å². The zero-order chi connectivity index (χ0) is 15.6. The highest BCUT2D eigenvalue weighted by Gasteiger charge is 2.18. The Kier molecular flexibility index (Phi) is 5.52. The summed E-state index contributed by atoms with van der Waals surface area (Å²) in [4.78, 5) is 0. The number of hydrogen-bond donors (Lipinski definition) is 1. The maximum Gasteiger partial charge on any atom is 0.162 e. The second-order valence-electron chi connectivity index (χ2n) is 4.88. The highest BCUT2D eigenvalue weighted by molar-refractivity contribution is 9.11. The maximum atomic E-state index is 13.8. The van der Waals surface area contributed by atoms with Crippen molar-refractivity contribution in [2.75, 3.05) is 7.05 Å². The summed E-state index contributed by atoms with van der Waals surface area (Å²) < 4.78 is 29.1. The topological polar surface area (TPSA) is 12.0 Å². The normalized spacial score (nSPS) is 12.5. The third-order valence-electron chi connectivity index (χ3n) is 3.46. The van der Waals surface area contributed by atoms with E-state index in [-0.39, 0.29) is 6.04 Å². The summed E-state index contributed by atoms with van der Waals surface area (Å²) >= 11 is 7.05. The van der Waals surface area contributed by atoms with Gasteiger partial charge in [0.05, 0.1) is 0 Å². The molecule has 0 saturated carbocycles. The maximum absolute atomic E-state index is 13.8. The molecular formula is C16H15Br2F2N. The van der Waals surface area contributed by atoms with Gasteiger partial charge in [0.25, 0.3) is 0 Å². The van der Waals surface area contributed by atoms with Gasteiger partial charge in [-0.25, -0.2) is 8.78 Å². The van der Waals surface area contributed by atoms with E-state index in [4.69, 9.17) is 0 Å². The number of rotatable bonds is 4. The first-order chi connectivity index (χ1) is 9.93. The number of aryl methyl sites for hydroxylation is 1. The molecule has 2 aromatic rings. The van der Waals surface area contributed by atoms with Crippen molar-refractivity contribution in [2.45, 2.75) is 19.4 Å². The summed E-state index contributed by atoms with van der Waals surface area (Å²) in [6, 6.07) is 8.16. The third kappa shape index (κ3) is 3.71. The van der Waals surface area contributed by atoms with Crippen LogP contribution >= 0.6 is 31.9 Å². The predicted molar refractivity (Wildman–Crippen MR) is 88.4 cm³/mol. The van der Waals surface area contributed by atoms with Crippen molar-refractivity contribution in [3.05, 3.63) is 67.6 Å². The minimum atomic E-state index is -0.813. The second kappa shape index (κ2) is 6.99. The molecule has 112 valence electrons. The molecule has 0 amide bonds. The first-order valence-corrected chi connectivity index (χ1v) is 8.08. The van der Waals surface area contributed by atoms with E-state index in [9.17, 15) is 8.78 Å². The van der Waals surface area contributed by atoms with Gasteiger partial charge < -0.3 is 5.32 Å². The quantitative estimate of drug-likeness (QED) is 0.710. The van der Waals surface area contributed by atoms with Crippen LogP contribution in [0.5, 0.6) is 0 Å². The van der Waals surface area contributed by atoms with Gasteiger partial charge in [-0.2, -0.15) is 0 Å². The van der Waals surface area contributed by atoms with Gasteiger partial charge in [-0.15, -0.1) is 0 Å². The van der Waals surface area contributed by atoms with Gasteiger partial charge in [-0.05, 0) is 55.3 Å². The molecule has 0 saturated heterocycles. The SMILES string of the molecule is CNC(Cc1cccc(F)c1F)c1cc(Br)c(C)cc1Br. The molecule has 0 aliphatic rings. The fourth-order valence-electron chi connectivity index (χ4n) is 2.22. The molecule has 0 aromatic heterocycles. The van der Waals surface area contributed by atoms with Crippen LogP contribution < -0.4 is 5.32 Å². The number of nitrogens with one attached hydrogen (secondary N) is 1. The van der Waals surface area contributed by atoms with Crippen molar-refractivity contribution < 1.29 is 8.78 Å². The molecule has 0 fully saturated rings. The van der Waals surface area contributed by atoms with Crippen LogP contribution in [-0.4, -0.2) is 7.05 Å². The minimum Gasteiger partial charge on any atom is -0.313 e. The molecule has 0 radical (unpaired) electrons. The average molecular weight is 419 g/mol. The number of halogens is 4. The van der Waals surface area contributed by atoms with E-state index in [0.717, 1.165) is 26.1 Å². The molecule has 1 atom stereocenters. The summed E-state index contributed by atoms with van der Waals surface area (Å²) in [5.74, 6) is -1.59. The zero-order valence-electron chi connectivity index (χ0n) is 11.7. The van der Waals surface area contributed by atoms with Gasteiger partial charge in [0.15, 0.2) is 11.6 Å². The van der Waals surface area contributed by atoms with Gasteiger partial charge in [0.1, 0.15) is 0 Å². The Morgan fingerprint density at radius 3 is 2.52 bits per heavy atom. The lowest BCUT2D eigenvalue weighted by molar-refractivity contribution is 0.486. The van der Waals surface area contributed by atoms with Crippen LogP contribution in [0.4, 0.5) is 8.78 Å². The monoisotopic (exact) mass is 417 g/mol. The molecule has 1 nitrogen and oxygen atoms in total. The molecular weight excluding hydrogens is 404 g/mol. The molecule has 21 heavy (non-hydrogen) atoms. The van der Waals surface area contributed by atoms with E-state index >= 15 is 0 Å². The van der Waals surface area contributed by atoms with Gasteiger partial charge in [-0.3, -0.25) is 0 Å². The van der Waals surface area contributed by atoms with E-state index in [1.165, 1.54) is 6.07 Å². The van der Waals surface area contributed by atoms with Crippen molar-refractivity contribution in [1.82, 2.24) is 5.32 Å². The number of benzene rings is 2. The third-order valence-corrected chi connectivity index (χ3v) is 5.00. The number of likely N-dealkylation sites (N-methyl/N-ethyl adjacent to an activating group) is 1. The first-order valence-electron chi connectivity index (χ1n) is 6.49. The Balaban J connectivity index is 2.37. The van der Waals surface area contributed by atoms with Crippen LogP contribution in [0.3, 0.4) is 0 Å². The number of hydrogen-bond acceptors (Lipinski definition) is 1. The van der Waals surface area contributed by atoms with Crippen molar-refractivity contribution in [1.29, 1.82) is 0 Å². The van der Waals surface area contributed by atoms with Crippen molar-refractivity contribution in [2.24, 2.45) is 0 Å². The fraction of sp³-hybridized carbons (Fsp3) is 0.250. The van der Waals surface area contributed by atoms with Crippen molar-refractivity contribution >= 4 is 31.9 Å². The Hall–Kier alpha value is -0.780. The molecule has 2 aromatic carbocycles. The first kappa shape index (κ1) is 16.6. The van der Waals surface area contributed by atoms with Crippen LogP contribution in [0.2, 0.25) is 0 Å². The van der Waals surface area contributed by atoms with Crippen LogP contribution in [0.1, 0.15) is 22.7 Å². The van der Waals surface area contributed by atoms with Crippen LogP contribution in [0.25, 0.3) is 0 Å². The molecule has 5 heteroatoms. The second-order valence-corrected chi connectivity index (χ2v) is 6.59. The molecule has 1 N–H and O–H groups in total. The lowest BCUT2D eigenvalue weighted by Crippen LogP contribution is -2.20. The van der Waals surface area contributed by atoms with Gasteiger partial charge >= 0.3 is 0 Å². The largest absolute Gasteiger partial charge is 0.313 e. The molecule has 1 unspecified atom stereocenters. The smallest absolute Gasteiger partial charge is 0.162 e. The van der Waals surface area contributed by atoms with E-state index in [1.54, 1.807) is 6.07 Å². The van der Waals surface area contributed by atoms with Crippen LogP contribution in [-0.2, 0) is 6.42 Å². The summed E-state index contributed by atoms with van der Waals surface area (Å²) in [5.41, 5.74) is 2.47. The molecule has 2 rings (SSSR count). The van der Waals surface area contributed by atoms with Crippen molar-refractivity contribution in [3.63, 3.8) is 0 Å². The Morgan fingerprint density at radius 2 is 1.86 bits per heavy atom. The summed E-state index contributed by atoms with van der Waals surface area (Å²) in [6.07, 6.45) is 0.369. The van der Waals surface area contributed by atoms with Gasteiger partial charge in [-0.1, -0.05) is 44.0 Å². The van der Waals surface area contributed by atoms with Gasteiger partial charge in [0.2, 0.25) is 0 Å². The molecule has 0 spiro atoms. The summed E-state index contributed by atoms with van der Waals surface area (Å²) in [6.45, 7) is 2.00. The predicted octanol–water partition coefficient (Wildman–Crippen LogP) is 5.30. The van der Waals surface area contributed by atoms with E-state index in [2.05, 4.69) is 37.2 Å². The van der Waals surface area contributed by atoms with Crippen LogP contribution in [0.15, 0.2) is 39.3 Å². The zero-order valence-corrected chi connectivity index (χ0v) is 14.9. The Morgan fingerprint density at radius 1 is 1.14 bits per heavy atom. The van der Waals surface area contributed by atoms with E-state index in [1.807, 2.05) is 26.1 Å². The molecule has 0 bridgehead atoms.